The summed E-state index contributed by atoms with van der Waals surface area (Å²) in [6, 6.07) is 9.88. The number of rotatable bonds is 8. The van der Waals surface area contributed by atoms with Crippen molar-refractivity contribution in [3.05, 3.63) is 35.9 Å². The Morgan fingerprint density at radius 1 is 1.25 bits per heavy atom. The van der Waals surface area contributed by atoms with Crippen molar-refractivity contribution < 1.29 is 9.53 Å². The molecular formula is C16H26N2O2. The largest absolute Gasteiger partial charge is 0.383 e. The van der Waals surface area contributed by atoms with Gasteiger partial charge in [0.1, 0.15) is 0 Å². The van der Waals surface area contributed by atoms with E-state index in [1.165, 1.54) is 0 Å². The number of amides is 1. The van der Waals surface area contributed by atoms with Crippen LogP contribution in [0.25, 0.3) is 0 Å². The van der Waals surface area contributed by atoms with Gasteiger partial charge in [-0.3, -0.25) is 10.1 Å². The third-order valence-corrected chi connectivity index (χ3v) is 3.21. The van der Waals surface area contributed by atoms with E-state index in [2.05, 4.69) is 24.5 Å². The molecule has 0 aliphatic carbocycles. The summed E-state index contributed by atoms with van der Waals surface area (Å²) in [6.07, 6.45) is 0.798. The van der Waals surface area contributed by atoms with Gasteiger partial charge >= 0.3 is 0 Å². The lowest BCUT2D eigenvalue weighted by Gasteiger charge is -2.26. The highest BCUT2D eigenvalue weighted by Gasteiger charge is 2.23. The zero-order chi connectivity index (χ0) is 15.0. The molecule has 0 aliphatic rings. The molecule has 0 radical (unpaired) electrons. The molecule has 1 aromatic rings. The van der Waals surface area contributed by atoms with E-state index in [0.717, 1.165) is 12.0 Å². The van der Waals surface area contributed by atoms with Gasteiger partial charge in [0, 0.05) is 14.2 Å². The Bertz CT molecular complexity index is 393. The van der Waals surface area contributed by atoms with Crippen LogP contribution >= 0.6 is 0 Å². The van der Waals surface area contributed by atoms with Gasteiger partial charge in [-0.2, -0.15) is 0 Å². The first-order valence-electron chi connectivity index (χ1n) is 7.10. The van der Waals surface area contributed by atoms with E-state index >= 15 is 0 Å². The quantitative estimate of drug-likeness (QED) is 0.766. The Morgan fingerprint density at radius 2 is 1.90 bits per heavy atom. The number of carbonyl (C=O) groups excluding carboxylic acids is 1. The van der Waals surface area contributed by atoms with E-state index in [1.54, 1.807) is 14.2 Å². The Balaban J connectivity index is 2.82. The molecular weight excluding hydrogens is 252 g/mol. The van der Waals surface area contributed by atoms with Crippen LogP contribution in [-0.4, -0.2) is 32.7 Å². The fraction of sp³-hybridized carbons (Fsp3) is 0.562. The van der Waals surface area contributed by atoms with Crippen LogP contribution in [0.4, 0.5) is 0 Å². The van der Waals surface area contributed by atoms with Crippen LogP contribution in [0.1, 0.15) is 31.9 Å². The van der Waals surface area contributed by atoms with Crippen LogP contribution in [0.2, 0.25) is 0 Å². The van der Waals surface area contributed by atoms with Gasteiger partial charge in [-0.1, -0.05) is 44.2 Å². The lowest BCUT2D eigenvalue weighted by atomic mass is 10.00. The molecule has 1 rings (SSSR count). The summed E-state index contributed by atoms with van der Waals surface area (Å²) in [4.78, 5) is 12.0. The van der Waals surface area contributed by atoms with Gasteiger partial charge in [-0.15, -0.1) is 0 Å². The molecule has 0 spiro atoms. The first-order chi connectivity index (χ1) is 9.58. The highest BCUT2D eigenvalue weighted by Crippen LogP contribution is 2.16. The molecule has 0 aromatic heterocycles. The molecule has 2 atom stereocenters. The van der Waals surface area contributed by atoms with Crippen molar-refractivity contribution in [1.29, 1.82) is 0 Å². The normalized spacial score (nSPS) is 14.1. The maximum Gasteiger partial charge on any atom is 0.236 e. The second-order valence-electron chi connectivity index (χ2n) is 5.38. The number of carbonyl (C=O) groups is 1. The predicted molar refractivity (Wildman–Crippen MR) is 81.5 cm³/mol. The zero-order valence-corrected chi connectivity index (χ0v) is 12.8. The number of hydrogen-bond donors (Lipinski definition) is 2. The zero-order valence-electron chi connectivity index (χ0n) is 12.8. The fourth-order valence-corrected chi connectivity index (χ4v) is 2.23. The molecule has 2 unspecified atom stereocenters. The third-order valence-electron chi connectivity index (χ3n) is 3.21. The molecule has 0 fully saturated rings. The highest BCUT2D eigenvalue weighted by atomic mass is 16.5. The number of ether oxygens (including phenoxy) is 1. The van der Waals surface area contributed by atoms with Gasteiger partial charge in [-0.05, 0) is 17.9 Å². The molecule has 4 nitrogen and oxygen atoms in total. The number of likely N-dealkylation sites (N-methyl/N-ethyl adjacent to an activating group) is 1. The maximum absolute atomic E-state index is 12.0. The van der Waals surface area contributed by atoms with Crippen molar-refractivity contribution in [3.8, 4) is 0 Å². The van der Waals surface area contributed by atoms with Crippen LogP contribution in [0.15, 0.2) is 30.3 Å². The standard InChI is InChI=1S/C16H26N2O2/c1-12(2)10-14(16(19)17-3)18-15(11-20-4)13-8-6-5-7-9-13/h5-9,12,14-15,18H,10-11H2,1-4H3,(H,17,19). The van der Waals surface area contributed by atoms with Crippen molar-refractivity contribution in [2.75, 3.05) is 20.8 Å². The van der Waals surface area contributed by atoms with E-state index in [0.29, 0.717) is 12.5 Å². The first kappa shape index (κ1) is 16.7. The summed E-state index contributed by atoms with van der Waals surface area (Å²) in [7, 11) is 3.35. The Labute approximate surface area is 121 Å². The Hall–Kier alpha value is -1.39. The summed E-state index contributed by atoms with van der Waals surface area (Å²) < 4.78 is 5.28. The van der Waals surface area contributed by atoms with Gasteiger partial charge in [0.2, 0.25) is 5.91 Å². The SMILES string of the molecule is CNC(=O)C(CC(C)C)NC(COC)c1ccccc1. The van der Waals surface area contributed by atoms with Gasteiger partial charge in [0.05, 0.1) is 18.7 Å². The van der Waals surface area contributed by atoms with Gasteiger partial charge in [0.15, 0.2) is 0 Å². The monoisotopic (exact) mass is 278 g/mol. The molecule has 0 saturated carbocycles. The van der Waals surface area contributed by atoms with Crippen molar-refractivity contribution >= 4 is 5.91 Å². The van der Waals surface area contributed by atoms with Crippen LogP contribution in [0, 0.1) is 5.92 Å². The van der Waals surface area contributed by atoms with E-state index in [9.17, 15) is 4.79 Å². The van der Waals surface area contributed by atoms with Crippen molar-refractivity contribution in [2.24, 2.45) is 5.92 Å². The highest BCUT2D eigenvalue weighted by molar-refractivity contribution is 5.81. The Kier molecular flexibility index (Phi) is 7.26. The van der Waals surface area contributed by atoms with Crippen molar-refractivity contribution in [3.63, 3.8) is 0 Å². The Morgan fingerprint density at radius 3 is 2.40 bits per heavy atom. The number of methoxy groups -OCH3 is 1. The van der Waals surface area contributed by atoms with Crippen molar-refractivity contribution in [2.45, 2.75) is 32.4 Å². The summed E-state index contributed by atoms with van der Waals surface area (Å²) in [5.74, 6) is 0.472. The molecule has 112 valence electrons. The first-order valence-corrected chi connectivity index (χ1v) is 7.10. The predicted octanol–water partition coefficient (Wildman–Crippen LogP) is 2.12. The second-order valence-corrected chi connectivity index (χ2v) is 5.38. The van der Waals surface area contributed by atoms with E-state index in [1.807, 2.05) is 30.3 Å². The average molecular weight is 278 g/mol. The molecule has 1 amide bonds. The molecule has 0 heterocycles. The summed E-state index contributed by atoms with van der Waals surface area (Å²) >= 11 is 0. The molecule has 2 N–H and O–H groups in total. The number of nitrogens with one attached hydrogen (secondary N) is 2. The third kappa shape index (κ3) is 5.31. The minimum absolute atomic E-state index is 0.0160. The molecule has 4 heteroatoms. The molecule has 1 aromatic carbocycles. The van der Waals surface area contributed by atoms with Crippen LogP contribution in [-0.2, 0) is 9.53 Å². The molecule has 0 saturated heterocycles. The van der Waals surface area contributed by atoms with E-state index in [4.69, 9.17) is 4.74 Å². The lowest BCUT2D eigenvalue weighted by molar-refractivity contribution is -0.123. The molecule has 0 bridgehead atoms. The van der Waals surface area contributed by atoms with Crippen molar-refractivity contribution in [1.82, 2.24) is 10.6 Å². The number of benzene rings is 1. The summed E-state index contributed by atoms with van der Waals surface area (Å²) in [5, 5.41) is 6.14. The average Bonchev–Trinajstić information content (AvgIpc) is 2.45. The van der Waals surface area contributed by atoms with Crippen LogP contribution < -0.4 is 10.6 Å². The maximum atomic E-state index is 12.0. The summed E-state index contributed by atoms with van der Waals surface area (Å²) in [6.45, 7) is 4.77. The minimum Gasteiger partial charge on any atom is -0.383 e. The van der Waals surface area contributed by atoms with Crippen LogP contribution in [0.5, 0.6) is 0 Å². The smallest absolute Gasteiger partial charge is 0.236 e. The minimum atomic E-state index is -0.208. The van der Waals surface area contributed by atoms with E-state index < -0.39 is 0 Å². The second kappa shape index (κ2) is 8.72. The molecule has 0 aliphatic heterocycles. The topological polar surface area (TPSA) is 50.4 Å². The number of hydrogen-bond acceptors (Lipinski definition) is 3. The summed E-state index contributed by atoms with van der Waals surface area (Å²) in [5.41, 5.74) is 1.13. The molecule has 20 heavy (non-hydrogen) atoms. The van der Waals surface area contributed by atoms with Gasteiger partial charge in [-0.25, -0.2) is 0 Å². The van der Waals surface area contributed by atoms with Gasteiger partial charge in [0.25, 0.3) is 0 Å². The van der Waals surface area contributed by atoms with E-state index in [-0.39, 0.29) is 18.0 Å². The lowest BCUT2D eigenvalue weighted by Crippen LogP contribution is -2.46. The fourth-order valence-electron chi connectivity index (χ4n) is 2.23. The van der Waals surface area contributed by atoms with Gasteiger partial charge < -0.3 is 10.1 Å². The van der Waals surface area contributed by atoms with Crippen LogP contribution in [0.3, 0.4) is 0 Å².